The number of hydrogen-bond donors (Lipinski definition) is 2. The van der Waals surface area contributed by atoms with Crippen molar-refractivity contribution in [2.75, 3.05) is 25.1 Å². The molecule has 0 saturated carbocycles. The zero-order chi connectivity index (χ0) is 23.9. The highest BCUT2D eigenvalue weighted by Gasteiger charge is 2.26. The van der Waals surface area contributed by atoms with Crippen molar-refractivity contribution >= 4 is 31.6 Å². The van der Waals surface area contributed by atoms with Gasteiger partial charge in [-0.3, -0.25) is 5.43 Å². The third-order valence-corrected chi connectivity index (χ3v) is 8.79. The van der Waals surface area contributed by atoms with Gasteiger partial charge in [0.1, 0.15) is 10.7 Å². The number of anilines is 1. The number of sulfonamides is 2. The summed E-state index contributed by atoms with van der Waals surface area (Å²) < 4.78 is 54.1. The lowest BCUT2D eigenvalue weighted by Gasteiger charge is -2.25. The minimum Gasteiger partial charge on any atom is -0.261 e. The van der Waals surface area contributed by atoms with Gasteiger partial charge in [0, 0.05) is 25.8 Å². The van der Waals surface area contributed by atoms with Gasteiger partial charge in [0.25, 0.3) is 0 Å². The van der Waals surface area contributed by atoms with Gasteiger partial charge in [0.2, 0.25) is 20.0 Å². The highest BCUT2D eigenvalue weighted by Crippen LogP contribution is 2.21. The van der Waals surface area contributed by atoms with Crippen LogP contribution in [0.5, 0.6) is 0 Å². The molecule has 1 aromatic heterocycles. The van der Waals surface area contributed by atoms with Crippen LogP contribution in [0.4, 0.5) is 5.82 Å². The van der Waals surface area contributed by atoms with E-state index in [-0.39, 0.29) is 9.79 Å². The molecule has 0 spiro atoms. The Kier molecular flexibility index (Phi) is 8.57. The van der Waals surface area contributed by atoms with Gasteiger partial charge < -0.3 is 0 Å². The Morgan fingerprint density at radius 1 is 1.00 bits per heavy atom. The largest absolute Gasteiger partial charge is 0.261 e. The first kappa shape index (κ1) is 25.3. The number of piperidine rings is 1. The van der Waals surface area contributed by atoms with Crippen molar-refractivity contribution in [1.82, 2.24) is 14.0 Å². The third-order valence-electron chi connectivity index (χ3n) is 5.43. The summed E-state index contributed by atoms with van der Waals surface area (Å²) in [5, 5.41) is 4.28. The molecule has 0 bridgehead atoms. The Bertz CT molecular complexity index is 1160. The summed E-state index contributed by atoms with van der Waals surface area (Å²) in [7, 11) is -7.05. The molecule has 1 aliphatic heterocycles. The second-order valence-electron chi connectivity index (χ2n) is 7.93. The van der Waals surface area contributed by atoms with E-state index >= 15 is 0 Å². The summed E-state index contributed by atoms with van der Waals surface area (Å²) >= 11 is 0. The lowest BCUT2D eigenvalue weighted by Crippen LogP contribution is -2.35. The van der Waals surface area contributed by atoms with Gasteiger partial charge in [-0.2, -0.15) is 9.41 Å². The van der Waals surface area contributed by atoms with Gasteiger partial charge >= 0.3 is 0 Å². The van der Waals surface area contributed by atoms with Crippen LogP contribution in [0.3, 0.4) is 0 Å². The summed E-state index contributed by atoms with van der Waals surface area (Å²) in [4.78, 5) is 4.55. The Morgan fingerprint density at radius 2 is 1.67 bits per heavy atom. The molecule has 1 aromatic carbocycles. The van der Waals surface area contributed by atoms with Gasteiger partial charge in [-0.1, -0.05) is 31.9 Å². The van der Waals surface area contributed by atoms with Gasteiger partial charge in [0.15, 0.2) is 0 Å². The molecule has 1 fully saturated rings. The quantitative estimate of drug-likeness (QED) is 0.298. The number of hydrogen-bond acceptors (Lipinski definition) is 7. The summed E-state index contributed by atoms with van der Waals surface area (Å²) in [6.07, 6.45) is 5.84. The molecule has 0 amide bonds. The Balaban J connectivity index is 1.63. The van der Waals surface area contributed by atoms with E-state index in [1.54, 1.807) is 37.3 Å². The molecule has 33 heavy (non-hydrogen) atoms. The molecule has 2 heterocycles. The third kappa shape index (κ3) is 6.59. The predicted molar refractivity (Wildman–Crippen MR) is 129 cm³/mol. The topological polar surface area (TPSA) is 121 Å². The number of nitrogens with one attached hydrogen (secondary N) is 2. The molecule has 1 aliphatic rings. The van der Waals surface area contributed by atoms with Crippen LogP contribution in [-0.2, 0) is 20.0 Å². The Hall–Kier alpha value is -2.34. The fourth-order valence-corrected chi connectivity index (χ4v) is 5.94. The normalized spacial score (nSPS) is 16.0. The fraction of sp³-hybridized carbons (Fsp3) is 0.455. The minimum atomic E-state index is -3.52. The van der Waals surface area contributed by atoms with Crippen molar-refractivity contribution in [3.63, 3.8) is 0 Å². The molecular weight excluding hydrogens is 462 g/mol. The van der Waals surface area contributed by atoms with E-state index in [0.29, 0.717) is 31.2 Å². The second kappa shape index (κ2) is 11.2. The van der Waals surface area contributed by atoms with Crippen LogP contribution in [0.1, 0.15) is 51.5 Å². The van der Waals surface area contributed by atoms with Crippen LogP contribution in [-0.4, -0.2) is 51.5 Å². The predicted octanol–water partition coefficient (Wildman–Crippen LogP) is 3.17. The van der Waals surface area contributed by atoms with E-state index in [2.05, 4.69) is 20.2 Å². The van der Waals surface area contributed by atoms with Gasteiger partial charge in [-0.15, -0.1) is 0 Å². The van der Waals surface area contributed by atoms with E-state index in [4.69, 9.17) is 0 Å². The number of aromatic nitrogens is 1. The molecule has 2 aromatic rings. The molecule has 9 nitrogen and oxygen atoms in total. The first-order valence-electron chi connectivity index (χ1n) is 11.1. The van der Waals surface area contributed by atoms with E-state index in [9.17, 15) is 16.8 Å². The zero-order valence-corrected chi connectivity index (χ0v) is 20.6. The highest BCUT2D eigenvalue weighted by atomic mass is 32.2. The average Bonchev–Trinajstić information content (AvgIpc) is 2.83. The van der Waals surface area contributed by atoms with Crippen molar-refractivity contribution in [3.05, 3.63) is 48.2 Å². The molecule has 11 heteroatoms. The summed E-state index contributed by atoms with van der Waals surface area (Å²) in [5.74, 6) is 0.409. The number of nitrogens with zero attached hydrogens (tertiary/aromatic N) is 3. The maximum atomic E-state index is 12.7. The number of benzene rings is 1. The molecule has 0 atom stereocenters. The van der Waals surface area contributed by atoms with Crippen molar-refractivity contribution in [2.24, 2.45) is 5.10 Å². The second-order valence-corrected chi connectivity index (χ2v) is 11.6. The van der Waals surface area contributed by atoms with E-state index < -0.39 is 20.0 Å². The highest BCUT2D eigenvalue weighted by molar-refractivity contribution is 7.89. The maximum Gasteiger partial charge on any atom is 0.244 e. The Morgan fingerprint density at radius 3 is 2.27 bits per heavy atom. The molecule has 0 aliphatic carbocycles. The maximum absolute atomic E-state index is 12.7. The first-order valence-corrected chi connectivity index (χ1v) is 14.0. The van der Waals surface area contributed by atoms with E-state index in [1.165, 1.54) is 16.6 Å². The van der Waals surface area contributed by atoms with Crippen LogP contribution >= 0.6 is 0 Å². The average molecular weight is 494 g/mol. The van der Waals surface area contributed by atoms with Crippen molar-refractivity contribution < 1.29 is 16.8 Å². The molecule has 0 unspecified atom stereocenters. The molecule has 1 saturated heterocycles. The number of rotatable bonds is 10. The van der Waals surface area contributed by atoms with Crippen molar-refractivity contribution in [3.8, 4) is 0 Å². The summed E-state index contributed by atoms with van der Waals surface area (Å²) in [6.45, 7) is 5.28. The standard InChI is InChI=1S/C22H31N5O4S2/c1-3-4-14-24-32(28,29)20-10-8-19(9-11-20)18(2)25-26-22-13-12-21(17-23-22)33(30,31)27-15-6-5-7-16-27/h8-13,17,24H,3-7,14-16H2,1-2H3,(H,23,26). The fourth-order valence-electron chi connectivity index (χ4n) is 3.40. The van der Waals surface area contributed by atoms with Gasteiger partial charge in [-0.25, -0.2) is 26.5 Å². The van der Waals surface area contributed by atoms with Crippen molar-refractivity contribution in [2.45, 2.75) is 55.7 Å². The lowest BCUT2D eigenvalue weighted by molar-refractivity contribution is 0.346. The lowest BCUT2D eigenvalue weighted by atomic mass is 10.1. The van der Waals surface area contributed by atoms with Crippen molar-refractivity contribution in [1.29, 1.82) is 0 Å². The van der Waals surface area contributed by atoms with Gasteiger partial charge in [-0.05, 0) is 56.0 Å². The smallest absolute Gasteiger partial charge is 0.244 e. The van der Waals surface area contributed by atoms with Gasteiger partial charge in [0.05, 0.1) is 10.6 Å². The molecule has 0 radical (unpaired) electrons. The van der Waals surface area contributed by atoms with Crippen LogP contribution in [0.15, 0.2) is 57.5 Å². The minimum absolute atomic E-state index is 0.167. The molecule has 3 rings (SSSR count). The van der Waals surface area contributed by atoms with Crippen LogP contribution in [0, 0.1) is 0 Å². The van der Waals surface area contributed by atoms with Crippen LogP contribution < -0.4 is 10.1 Å². The summed E-state index contributed by atoms with van der Waals surface area (Å²) in [5.41, 5.74) is 4.20. The zero-order valence-electron chi connectivity index (χ0n) is 19.0. The summed E-state index contributed by atoms with van der Waals surface area (Å²) in [6, 6.07) is 9.57. The monoisotopic (exact) mass is 493 g/mol. The van der Waals surface area contributed by atoms with E-state index in [1.807, 2.05) is 6.92 Å². The SMILES string of the molecule is CCCCNS(=O)(=O)c1ccc(C(C)=NNc2ccc(S(=O)(=O)N3CCCCC3)cn2)cc1. The number of pyridine rings is 1. The van der Waals surface area contributed by atoms with E-state index in [0.717, 1.165) is 37.7 Å². The van der Waals surface area contributed by atoms with Crippen LogP contribution in [0.2, 0.25) is 0 Å². The molecular formula is C22H31N5O4S2. The molecule has 180 valence electrons. The first-order chi connectivity index (χ1) is 15.7. The molecule has 2 N–H and O–H groups in total. The van der Waals surface area contributed by atoms with Crippen LogP contribution in [0.25, 0.3) is 0 Å². The Labute approximate surface area is 196 Å². The number of unbranched alkanes of at least 4 members (excludes halogenated alkanes) is 1. The number of hydrazone groups is 1.